The van der Waals surface area contributed by atoms with Gasteiger partial charge in [-0.1, -0.05) is 158 Å². The van der Waals surface area contributed by atoms with E-state index in [4.69, 9.17) is 68.8 Å². The summed E-state index contributed by atoms with van der Waals surface area (Å²) in [7, 11) is 0. The molecule has 0 radical (unpaired) electrons. The van der Waals surface area contributed by atoms with E-state index < -0.39 is 83.7 Å². The number of alkyl halides is 3. The summed E-state index contributed by atoms with van der Waals surface area (Å²) < 4.78 is 39.1. The number of nitrogens with two attached hydrogens (primary N) is 12. The number of Topliss-reactive ketones (excluding diaryl/α,β-unsaturated/α-hetero) is 4. The third-order valence-corrected chi connectivity index (χ3v) is 26.6. The Hall–Kier alpha value is -13.0. The molecule has 4 fully saturated rings. The van der Waals surface area contributed by atoms with Crippen LogP contribution in [-0.2, 0) is 97.4 Å². The van der Waals surface area contributed by atoms with E-state index in [1.54, 1.807) is 42.9 Å². The van der Waals surface area contributed by atoms with Crippen LogP contribution in [0.4, 0.5) is 13.2 Å². The number of amides is 7. The number of aryl methyl sites for hydroxylation is 2. The van der Waals surface area contributed by atoms with Gasteiger partial charge in [0, 0.05) is 158 Å². The second kappa shape index (κ2) is 57.7. The quantitative estimate of drug-likeness (QED) is 0.0213. The Balaban J connectivity index is 0.000000199. The Bertz CT molecular complexity index is 5830. The first-order chi connectivity index (χ1) is 69.7. The molecule has 0 spiro atoms. The molecule has 4 saturated carbocycles. The molecule has 14 rings (SSSR count). The van der Waals surface area contributed by atoms with Crippen molar-refractivity contribution in [2.24, 2.45) is 92.0 Å². The highest BCUT2D eigenvalue weighted by molar-refractivity contribution is 5.97. The maximum Gasteiger partial charge on any atom is 0.416 e. The Morgan fingerprint density at radius 2 is 0.724 bits per heavy atom. The van der Waals surface area contributed by atoms with Gasteiger partial charge in [0.1, 0.15) is 6.04 Å². The molecule has 33 nitrogen and oxygen atoms in total. The zero-order chi connectivity index (χ0) is 105. The third-order valence-electron chi connectivity index (χ3n) is 26.6. The summed E-state index contributed by atoms with van der Waals surface area (Å²) in [5.41, 5.74) is 76.3. The van der Waals surface area contributed by atoms with Crippen molar-refractivity contribution in [2.45, 2.75) is 189 Å². The molecule has 7 aromatic carbocycles. The van der Waals surface area contributed by atoms with E-state index in [1.807, 2.05) is 158 Å². The minimum atomic E-state index is -4.50. The lowest BCUT2D eigenvalue weighted by molar-refractivity contribution is -0.138. The van der Waals surface area contributed by atoms with Crippen LogP contribution in [0.2, 0.25) is 0 Å². The summed E-state index contributed by atoms with van der Waals surface area (Å²) in [5.74, 6) is -1.15. The highest BCUT2D eigenvalue weighted by Crippen LogP contribution is 2.61. The number of nitrogens with zero attached hydrogens (tertiary/aromatic N) is 6. The molecule has 28 N–H and O–H groups in total. The highest BCUT2D eigenvalue weighted by Gasteiger charge is 2.52. The third kappa shape index (κ3) is 36.1. The molecule has 1 unspecified atom stereocenters. The number of para-hydroxylation sites is 3. The Morgan fingerprint density at radius 1 is 0.372 bits per heavy atom. The average Bonchev–Trinajstić information content (AvgIpc) is 0.745. The second-order valence-electron chi connectivity index (χ2n) is 38.1. The lowest BCUT2D eigenvalue weighted by atomic mass is 9.48. The number of fused-ring (bicyclic) bond motifs is 3. The van der Waals surface area contributed by atoms with Crippen molar-refractivity contribution >= 4 is 97.2 Å². The molecule has 3 aromatic heterocycles. The molecule has 0 aliphatic heterocycles. The fourth-order valence-electron chi connectivity index (χ4n) is 19.5. The van der Waals surface area contributed by atoms with Gasteiger partial charge in [-0.2, -0.15) is 13.2 Å². The number of carbonyl (C=O) groups is 11. The number of benzene rings is 7. The molecule has 4 aliphatic carbocycles. The van der Waals surface area contributed by atoms with Crippen LogP contribution in [0.15, 0.2) is 225 Å². The van der Waals surface area contributed by atoms with Gasteiger partial charge in [0.05, 0.1) is 77.2 Å². The summed E-state index contributed by atoms with van der Waals surface area (Å²) in [6, 6.07) is 54.0. The van der Waals surface area contributed by atoms with Crippen molar-refractivity contribution in [3.8, 4) is 0 Å². The van der Waals surface area contributed by atoms with Gasteiger partial charge in [0.25, 0.3) is 0 Å². The molecule has 3 heterocycles. The lowest BCUT2D eigenvalue weighted by Gasteiger charge is -2.57. The van der Waals surface area contributed by atoms with E-state index in [-0.39, 0.29) is 143 Å². The molecular formula is C109H143F3N22O11. The summed E-state index contributed by atoms with van der Waals surface area (Å²) in [6.07, 6.45) is 10.8. The molecule has 7 amide bonds. The molecule has 4 bridgehead atoms. The minimum Gasteiger partial charge on any atom is -0.345 e. The van der Waals surface area contributed by atoms with Crippen LogP contribution in [0.25, 0.3) is 32.7 Å². The van der Waals surface area contributed by atoms with Crippen molar-refractivity contribution in [1.82, 2.24) is 50.9 Å². The van der Waals surface area contributed by atoms with Crippen LogP contribution < -0.4 is 90.1 Å². The number of hydrogen-bond donors (Lipinski definition) is 16. The number of rotatable bonds is 51. The number of aromatic nitrogens is 3. The topological polar surface area (TPSA) is 597 Å². The first kappa shape index (κ1) is 114. The SMILES string of the molecule is NCC(N)C[C@H](N)C(=O)N[C@H](CCc1ccccc1)C(=O)Cc1cnc2ccccc2c1.NCCN(CCN)C(=O)CC[C@@H](N)C(=O)N[C@H](Cc1ccc(C(F)(F)F)cc1)C(=O)Cc1cnc2ccccc2c1.NCCN(CCN)C(=O)C[C@H](N)C(=O)N[C@@H](CCc1ccccc1)C(=O)CC12CC3CC(CC(C3)C1)C2.NCCN(CCN)C(=O)C[C@H](N)C(=O)N[C@H](C(=O)Cc1cnc2ccccc2c1)c1ccccc1. The van der Waals surface area contributed by atoms with Crippen molar-refractivity contribution < 1.29 is 65.9 Å². The zero-order valence-corrected chi connectivity index (χ0v) is 82.4. The van der Waals surface area contributed by atoms with Gasteiger partial charge in [-0.3, -0.25) is 67.7 Å². The van der Waals surface area contributed by atoms with Crippen LogP contribution in [0.3, 0.4) is 0 Å². The predicted molar refractivity (Wildman–Crippen MR) is 555 cm³/mol. The molecule has 0 saturated heterocycles. The van der Waals surface area contributed by atoms with Gasteiger partial charge in [0.15, 0.2) is 23.1 Å². The minimum absolute atomic E-state index is 0.0190. The summed E-state index contributed by atoms with van der Waals surface area (Å²) in [5, 5.41) is 13.9. The Kier molecular flexibility index (Phi) is 45.3. The van der Waals surface area contributed by atoms with Gasteiger partial charge >= 0.3 is 6.18 Å². The van der Waals surface area contributed by atoms with Crippen molar-refractivity contribution in [1.29, 1.82) is 0 Å². The maximum atomic E-state index is 13.7. The molecule has 776 valence electrons. The highest BCUT2D eigenvalue weighted by atomic mass is 19.4. The number of pyridine rings is 3. The number of hydrogen-bond acceptors (Lipinski definition) is 26. The fourth-order valence-corrected chi connectivity index (χ4v) is 19.5. The van der Waals surface area contributed by atoms with E-state index in [0.717, 1.165) is 104 Å². The monoisotopic (exact) mass is 1990 g/mol. The number of carbonyl (C=O) groups excluding carboxylic acids is 11. The molecule has 145 heavy (non-hydrogen) atoms. The van der Waals surface area contributed by atoms with E-state index in [0.29, 0.717) is 101 Å². The molecule has 10 aromatic rings. The molecule has 9 atom stereocenters. The summed E-state index contributed by atoms with van der Waals surface area (Å²) >= 11 is 0. The van der Waals surface area contributed by atoms with E-state index in [2.05, 4.69) is 36.2 Å². The largest absolute Gasteiger partial charge is 0.416 e. The lowest BCUT2D eigenvalue weighted by Crippen LogP contribution is -2.52. The fraction of sp³-hybridized carbons (Fsp3) is 0.431. The van der Waals surface area contributed by atoms with Gasteiger partial charge < -0.3 is 105 Å². The van der Waals surface area contributed by atoms with Crippen LogP contribution in [0.1, 0.15) is 140 Å². The predicted octanol–water partition coefficient (Wildman–Crippen LogP) is 5.82. The maximum absolute atomic E-state index is 13.7. The van der Waals surface area contributed by atoms with Gasteiger partial charge in [-0.05, 0) is 194 Å². The molecular weight excluding hydrogens is 1850 g/mol. The van der Waals surface area contributed by atoms with Crippen molar-refractivity contribution in [3.05, 3.63) is 269 Å². The van der Waals surface area contributed by atoms with E-state index >= 15 is 0 Å². The Labute approximate surface area is 844 Å². The first-order valence-electron chi connectivity index (χ1n) is 49.8. The summed E-state index contributed by atoms with van der Waals surface area (Å²) in [6.45, 7) is 4.00. The zero-order valence-electron chi connectivity index (χ0n) is 82.4. The van der Waals surface area contributed by atoms with Crippen molar-refractivity contribution in [2.75, 3.05) is 85.1 Å². The summed E-state index contributed by atoms with van der Waals surface area (Å²) in [4.78, 5) is 161. The van der Waals surface area contributed by atoms with Gasteiger partial charge in [0.2, 0.25) is 41.4 Å². The smallest absolute Gasteiger partial charge is 0.345 e. The van der Waals surface area contributed by atoms with E-state index in [9.17, 15) is 65.9 Å². The second-order valence-corrected chi connectivity index (χ2v) is 38.1. The normalized spacial score (nSPS) is 16.8. The van der Waals surface area contributed by atoms with Crippen LogP contribution >= 0.6 is 0 Å². The van der Waals surface area contributed by atoms with E-state index in [1.165, 1.54) is 46.1 Å². The number of halogens is 3. The molecule has 4 aliphatic rings. The standard InChI is InChI=1S/C29H35F3N6O3.C29H45N5O3.C26H32N6O3.C25H31N5O2/c30-29(31,32)22-7-5-19(6-8-22)16-25(26(39)17-20-15-21-3-1-2-4-24(21)36-18-20)37-28(41)23(35)9-10-27(40)38(13-11-33)14-12-34;30-8-10-34(11-9-31)27(36)15-24(32)28(37)33-25(7-6-20-4-2-1-3-5-20)26(35)19-29-16-21-12-22(17-29)14-23(13-21)18-29;27-10-12-32(13-11-28)24(34)16-21(29)26(35)31-25(19-6-2-1-3-7-19)23(33)15-18-14-20-8-4-5-9-22(20)30-17-18;26-15-20(27)14-21(28)25(32)30-23(11-10-17-6-2-1-3-7-17)24(31)13-18-12-19-8-4-5-9-22(19)29-16-18/h1-8,15,18,23,25H,9-14,16-17,33-35H2,(H,37,41);1-5,21-25H,6-19,30-32H2,(H,33,37);1-9,14,17,21,25H,10-13,15-16,27-29H2,(H,31,35);1-9,12,16,20-21,23H,10-11,13-15,26-28H2,(H,30,32)/t23-,25-;21?,22?,23?,24-,25-,29?;21-,25-;20?,21-,23+/m1000/s1. The van der Waals surface area contributed by atoms with Gasteiger partial charge in [-0.25, -0.2) is 0 Å². The number of ketones is 4. The van der Waals surface area contributed by atoms with Crippen LogP contribution in [0, 0.1) is 23.2 Å². The molecule has 36 heteroatoms. The first-order valence-corrected chi connectivity index (χ1v) is 49.8. The van der Waals surface area contributed by atoms with Crippen LogP contribution in [-0.4, -0.2) is 228 Å². The van der Waals surface area contributed by atoms with Crippen molar-refractivity contribution in [3.63, 3.8) is 0 Å². The average molecular weight is 1990 g/mol. The van der Waals surface area contributed by atoms with Gasteiger partial charge in [-0.15, -0.1) is 0 Å². The van der Waals surface area contributed by atoms with Crippen LogP contribution in [0.5, 0.6) is 0 Å². The number of nitrogens with one attached hydrogen (secondary N) is 4. The Morgan fingerprint density at radius 3 is 1.13 bits per heavy atom.